The van der Waals surface area contributed by atoms with Gasteiger partial charge in [-0.05, 0) is 60.5 Å². The van der Waals surface area contributed by atoms with Gasteiger partial charge in [0.15, 0.2) is 5.70 Å². The molecule has 0 amide bonds. The molecule has 0 saturated heterocycles. The molecule has 3 aromatic rings. The molecule has 4 nitrogen and oxygen atoms in total. The van der Waals surface area contributed by atoms with Crippen molar-refractivity contribution in [1.82, 2.24) is 0 Å². The third-order valence-corrected chi connectivity index (χ3v) is 4.91. The molecule has 0 spiro atoms. The molecule has 0 N–H and O–H groups in total. The average molecular weight is 448 g/mol. The molecule has 0 aliphatic carbocycles. The van der Waals surface area contributed by atoms with Gasteiger partial charge < -0.3 is 9.47 Å². The lowest BCUT2D eigenvalue weighted by molar-refractivity contribution is -0.129. The molecule has 0 aromatic heterocycles. The van der Waals surface area contributed by atoms with Crippen molar-refractivity contribution in [2.45, 2.75) is 13.5 Å². The molecule has 0 atom stereocenters. The number of halogens is 1. The van der Waals surface area contributed by atoms with Gasteiger partial charge in [-0.15, -0.1) is 0 Å². The Morgan fingerprint density at radius 1 is 1.03 bits per heavy atom. The first-order valence-corrected chi connectivity index (χ1v) is 9.93. The molecule has 29 heavy (non-hydrogen) atoms. The fraction of sp³-hybridized carbons (Fsp3) is 0.0833. The summed E-state index contributed by atoms with van der Waals surface area (Å²) in [4.78, 5) is 16.5. The summed E-state index contributed by atoms with van der Waals surface area (Å²) in [5.74, 6) is 0.622. The largest absolute Gasteiger partial charge is 0.489 e. The van der Waals surface area contributed by atoms with Crippen LogP contribution in [0, 0.1) is 6.92 Å². The minimum atomic E-state index is -0.456. The fourth-order valence-electron chi connectivity index (χ4n) is 2.91. The van der Waals surface area contributed by atoms with Crippen LogP contribution >= 0.6 is 15.9 Å². The van der Waals surface area contributed by atoms with Gasteiger partial charge in [0, 0.05) is 10.0 Å². The van der Waals surface area contributed by atoms with E-state index in [9.17, 15) is 4.79 Å². The van der Waals surface area contributed by atoms with Crippen molar-refractivity contribution >= 4 is 33.9 Å². The zero-order valence-corrected chi connectivity index (χ0v) is 17.3. The van der Waals surface area contributed by atoms with Crippen LogP contribution < -0.4 is 4.74 Å². The van der Waals surface area contributed by atoms with Crippen molar-refractivity contribution in [2.75, 3.05) is 0 Å². The van der Waals surface area contributed by atoms with E-state index < -0.39 is 5.97 Å². The molecule has 0 fully saturated rings. The summed E-state index contributed by atoms with van der Waals surface area (Å²) in [6.45, 7) is 2.57. The highest BCUT2D eigenvalue weighted by Crippen LogP contribution is 2.22. The van der Waals surface area contributed by atoms with Gasteiger partial charge in [0.05, 0.1) is 0 Å². The molecule has 1 aliphatic heterocycles. The van der Waals surface area contributed by atoms with Gasteiger partial charge in [-0.3, -0.25) is 0 Å². The maximum Gasteiger partial charge on any atom is 0.363 e. The number of rotatable bonds is 5. The Hall–Kier alpha value is -3.18. The number of ether oxygens (including phenoxy) is 2. The van der Waals surface area contributed by atoms with Crippen molar-refractivity contribution in [3.63, 3.8) is 0 Å². The van der Waals surface area contributed by atoms with E-state index >= 15 is 0 Å². The van der Waals surface area contributed by atoms with E-state index in [0.717, 1.165) is 26.9 Å². The Bertz CT molecular complexity index is 1100. The number of benzene rings is 3. The average Bonchev–Trinajstić information content (AvgIpc) is 3.08. The second-order valence-electron chi connectivity index (χ2n) is 6.69. The topological polar surface area (TPSA) is 47.9 Å². The van der Waals surface area contributed by atoms with Crippen molar-refractivity contribution in [3.8, 4) is 5.75 Å². The molecule has 4 rings (SSSR count). The summed E-state index contributed by atoms with van der Waals surface area (Å²) in [6, 6.07) is 23.2. The van der Waals surface area contributed by atoms with Crippen molar-refractivity contribution < 1.29 is 14.3 Å². The monoisotopic (exact) mass is 447 g/mol. The maximum atomic E-state index is 12.1. The van der Waals surface area contributed by atoms with E-state index in [1.54, 1.807) is 6.08 Å². The van der Waals surface area contributed by atoms with Crippen LogP contribution in [0.2, 0.25) is 0 Å². The van der Waals surface area contributed by atoms with E-state index in [4.69, 9.17) is 9.47 Å². The van der Waals surface area contributed by atoms with Gasteiger partial charge in [0.1, 0.15) is 12.4 Å². The van der Waals surface area contributed by atoms with Gasteiger partial charge in [-0.1, -0.05) is 57.9 Å². The summed E-state index contributed by atoms with van der Waals surface area (Å²) < 4.78 is 12.1. The number of aliphatic imine (C=N–C) groups is 1. The van der Waals surface area contributed by atoms with Crippen LogP contribution in [0.3, 0.4) is 0 Å². The minimum absolute atomic E-state index is 0.274. The quantitative estimate of drug-likeness (QED) is 0.373. The molecule has 1 heterocycles. The first-order valence-electron chi connectivity index (χ1n) is 9.14. The van der Waals surface area contributed by atoms with Crippen molar-refractivity contribution in [3.05, 3.63) is 105 Å². The van der Waals surface area contributed by atoms with Gasteiger partial charge in [-0.2, -0.15) is 0 Å². The highest BCUT2D eigenvalue weighted by molar-refractivity contribution is 9.10. The highest BCUT2D eigenvalue weighted by Gasteiger charge is 2.24. The SMILES string of the molecule is Cc1cccc(COc2ccc(/C=C3\N=C(c4ccc(Br)cc4)OC3=O)cc2)c1. The lowest BCUT2D eigenvalue weighted by Gasteiger charge is -2.07. The zero-order chi connectivity index (χ0) is 20.2. The normalized spacial score (nSPS) is 14.6. The van der Waals surface area contributed by atoms with Crippen LogP contribution in [0.25, 0.3) is 6.08 Å². The van der Waals surface area contributed by atoms with Gasteiger partial charge in [-0.25, -0.2) is 9.79 Å². The molecule has 3 aromatic carbocycles. The molecule has 144 valence electrons. The summed E-state index contributed by atoms with van der Waals surface area (Å²) in [5, 5.41) is 0. The number of nitrogens with zero attached hydrogens (tertiary/aromatic N) is 1. The van der Waals surface area contributed by atoms with E-state index in [-0.39, 0.29) is 5.70 Å². The van der Waals surface area contributed by atoms with E-state index in [1.807, 2.05) is 60.7 Å². The lowest BCUT2D eigenvalue weighted by atomic mass is 10.1. The summed E-state index contributed by atoms with van der Waals surface area (Å²) >= 11 is 3.39. The molecular weight excluding hydrogens is 430 g/mol. The zero-order valence-electron chi connectivity index (χ0n) is 15.8. The van der Waals surface area contributed by atoms with Crippen molar-refractivity contribution in [1.29, 1.82) is 0 Å². The second kappa shape index (κ2) is 8.45. The van der Waals surface area contributed by atoms with Gasteiger partial charge in [0.25, 0.3) is 0 Å². The van der Waals surface area contributed by atoms with E-state index in [2.05, 4.69) is 40.0 Å². The first kappa shape index (κ1) is 19.2. The standard InChI is InChI=1S/C24H18BrNO3/c1-16-3-2-4-18(13-16)15-28-21-11-5-17(6-12-21)14-22-24(27)29-23(26-22)19-7-9-20(25)10-8-19/h2-14H,15H2,1H3/b22-14-. The van der Waals surface area contributed by atoms with Gasteiger partial charge in [0.2, 0.25) is 5.90 Å². The molecule has 0 bridgehead atoms. The molecule has 0 radical (unpaired) electrons. The highest BCUT2D eigenvalue weighted by atomic mass is 79.9. The third-order valence-electron chi connectivity index (χ3n) is 4.38. The van der Waals surface area contributed by atoms with Crippen molar-refractivity contribution in [2.24, 2.45) is 4.99 Å². The van der Waals surface area contributed by atoms with Crippen LogP contribution in [-0.4, -0.2) is 11.9 Å². The Kier molecular flexibility index (Phi) is 5.58. The van der Waals surface area contributed by atoms with Crippen LogP contribution in [-0.2, 0) is 16.1 Å². The van der Waals surface area contributed by atoms with Crippen LogP contribution in [0.4, 0.5) is 0 Å². The molecule has 1 aliphatic rings. The van der Waals surface area contributed by atoms with Gasteiger partial charge >= 0.3 is 5.97 Å². The number of cyclic esters (lactones) is 1. The van der Waals surface area contributed by atoms with Crippen LogP contribution in [0.15, 0.2) is 88.0 Å². The van der Waals surface area contributed by atoms with Crippen LogP contribution in [0.1, 0.15) is 22.3 Å². The predicted octanol–water partition coefficient (Wildman–Crippen LogP) is 5.68. The van der Waals surface area contributed by atoms with E-state index in [0.29, 0.717) is 12.5 Å². The third kappa shape index (κ3) is 4.81. The smallest absolute Gasteiger partial charge is 0.363 e. The summed E-state index contributed by atoms with van der Waals surface area (Å²) in [6.07, 6.45) is 1.71. The number of hydrogen-bond acceptors (Lipinski definition) is 4. The van der Waals surface area contributed by atoms with E-state index in [1.165, 1.54) is 5.56 Å². The molecular formula is C24H18BrNO3. The Morgan fingerprint density at radius 3 is 2.52 bits per heavy atom. The Morgan fingerprint density at radius 2 is 1.79 bits per heavy atom. The summed E-state index contributed by atoms with van der Waals surface area (Å²) in [5.41, 5.74) is 4.21. The number of hydrogen-bond donors (Lipinski definition) is 0. The number of esters is 1. The number of carbonyl (C=O) groups is 1. The Labute approximate surface area is 177 Å². The molecule has 5 heteroatoms. The second-order valence-corrected chi connectivity index (χ2v) is 7.61. The predicted molar refractivity (Wildman–Crippen MR) is 117 cm³/mol. The number of carbonyl (C=O) groups excluding carboxylic acids is 1. The minimum Gasteiger partial charge on any atom is -0.489 e. The molecule has 0 saturated carbocycles. The summed E-state index contributed by atoms with van der Waals surface area (Å²) in [7, 11) is 0. The maximum absolute atomic E-state index is 12.1. The lowest BCUT2D eigenvalue weighted by Crippen LogP contribution is -2.05. The molecule has 0 unspecified atom stereocenters. The Balaban J connectivity index is 1.45. The first-order chi connectivity index (χ1) is 14.1. The number of aryl methyl sites for hydroxylation is 1. The van der Waals surface area contributed by atoms with Crippen LogP contribution in [0.5, 0.6) is 5.75 Å². The fourth-order valence-corrected chi connectivity index (χ4v) is 3.18.